The second kappa shape index (κ2) is 8.89. The minimum Gasteiger partial charge on any atom is -0.497 e. The van der Waals surface area contributed by atoms with Crippen LogP contribution in [0.3, 0.4) is 0 Å². The Bertz CT molecular complexity index is 776. The Morgan fingerprint density at radius 3 is 2.73 bits per heavy atom. The molecule has 2 aromatic carbocycles. The van der Waals surface area contributed by atoms with Gasteiger partial charge in [0.05, 0.1) is 17.7 Å². The fraction of sp³-hybridized carbons (Fsp3) is 0.350. The van der Waals surface area contributed by atoms with E-state index in [1.807, 2.05) is 18.2 Å². The summed E-state index contributed by atoms with van der Waals surface area (Å²) < 4.78 is 6.15. The van der Waals surface area contributed by atoms with Gasteiger partial charge in [-0.25, -0.2) is 0 Å². The molecule has 1 N–H and O–H groups in total. The topological polar surface area (TPSA) is 41.6 Å². The van der Waals surface area contributed by atoms with Gasteiger partial charge in [-0.1, -0.05) is 39.7 Å². The summed E-state index contributed by atoms with van der Waals surface area (Å²) in [6.07, 6.45) is 1.87. The molecule has 0 radical (unpaired) electrons. The third kappa shape index (κ3) is 5.00. The van der Waals surface area contributed by atoms with Gasteiger partial charge in [-0.3, -0.25) is 9.69 Å². The highest BCUT2D eigenvalue weighted by Crippen LogP contribution is 2.22. The molecule has 138 valence electrons. The lowest BCUT2D eigenvalue weighted by Crippen LogP contribution is -2.44. The summed E-state index contributed by atoms with van der Waals surface area (Å²) in [6.45, 7) is 2.81. The summed E-state index contributed by atoms with van der Waals surface area (Å²) in [6, 6.07) is 13.7. The first-order valence-electron chi connectivity index (χ1n) is 8.66. The number of piperidine rings is 1. The number of hydrogen-bond donors (Lipinski definition) is 1. The van der Waals surface area contributed by atoms with Gasteiger partial charge in [-0.15, -0.1) is 0 Å². The van der Waals surface area contributed by atoms with Crippen molar-refractivity contribution >= 4 is 33.4 Å². The van der Waals surface area contributed by atoms with Crippen LogP contribution in [0.1, 0.15) is 28.8 Å². The normalized spacial score (nSPS) is 15.7. The molecular formula is C20H22BrClN2O2. The van der Waals surface area contributed by atoms with Crippen LogP contribution in [0.15, 0.2) is 46.9 Å². The van der Waals surface area contributed by atoms with Crippen molar-refractivity contribution in [1.82, 2.24) is 10.2 Å². The van der Waals surface area contributed by atoms with E-state index in [-0.39, 0.29) is 11.9 Å². The third-order valence-electron chi connectivity index (χ3n) is 4.64. The molecule has 1 aliphatic rings. The van der Waals surface area contributed by atoms with Crippen molar-refractivity contribution in [3.05, 3.63) is 63.1 Å². The van der Waals surface area contributed by atoms with Crippen LogP contribution < -0.4 is 10.1 Å². The molecule has 2 aromatic rings. The SMILES string of the molecule is COc1cccc(CN2CCC(NC(=O)c3ccc(Br)cc3Cl)CC2)c1. The lowest BCUT2D eigenvalue weighted by Gasteiger charge is -2.32. The molecule has 1 amide bonds. The number of nitrogens with zero attached hydrogens (tertiary/aromatic N) is 1. The smallest absolute Gasteiger partial charge is 0.253 e. The number of carbonyl (C=O) groups is 1. The first kappa shape index (κ1) is 19.2. The van der Waals surface area contributed by atoms with E-state index < -0.39 is 0 Å². The number of rotatable bonds is 5. The van der Waals surface area contributed by atoms with Crippen molar-refractivity contribution in [2.45, 2.75) is 25.4 Å². The van der Waals surface area contributed by atoms with E-state index in [2.05, 4.69) is 38.3 Å². The predicted molar refractivity (Wildman–Crippen MR) is 108 cm³/mol. The Morgan fingerprint density at radius 1 is 1.27 bits per heavy atom. The van der Waals surface area contributed by atoms with Crippen LogP contribution in [-0.2, 0) is 6.54 Å². The second-order valence-corrected chi connectivity index (χ2v) is 7.82. The summed E-state index contributed by atoms with van der Waals surface area (Å²) in [5, 5.41) is 3.58. The summed E-state index contributed by atoms with van der Waals surface area (Å²) in [4.78, 5) is 14.9. The molecule has 0 aliphatic carbocycles. The fourth-order valence-electron chi connectivity index (χ4n) is 3.20. The van der Waals surface area contributed by atoms with Crippen molar-refractivity contribution in [3.8, 4) is 5.75 Å². The molecule has 0 bridgehead atoms. The number of carbonyl (C=O) groups excluding carboxylic acids is 1. The molecule has 1 aliphatic heterocycles. The number of nitrogens with one attached hydrogen (secondary N) is 1. The van der Waals surface area contributed by atoms with Gasteiger partial charge in [0.1, 0.15) is 5.75 Å². The molecule has 26 heavy (non-hydrogen) atoms. The third-order valence-corrected chi connectivity index (χ3v) is 5.44. The Labute approximate surface area is 167 Å². The first-order valence-corrected chi connectivity index (χ1v) is 9.83. The van der Waals surface area contributed by atoms with Gasteiger partial charge >= 0.3 is 0 Å². The van der Waals surface area contributed by atoms with Crippen LogP contribution in [0, 0.1) is 0 Å². The van der Waals surface area contributed by atoms with E-state index in [1.165, 1.54) is 5.56 Å². The highest BCUT2D eigenvalue weighted by molar-refractivity contribution is 9.10. The number of ether oxygens (including phenoxy) is 1. The van der Waals surface area contributed by atoms with Gasteiger partial charge < -0.3 is 10.1 Å². The highest BCUT2D eigenvalue weighted by Gasteiger charge is 2.22. The van der Waals surface area contributed by atoms with Crippen LogP contribution in [0.25, 0.3) is 0 Å². The Hall–Kier alpha value is -1.56. The molecule has 6 heteroatoms. The maximum Gasteiger partial charge on any atom is 0.253 e. The largest absolute Gasteiger partial charge is 0.497 e. The predicted octanol–water partition coefficient (Wildman–Crippen LogP) is 4.51. The zero-order valence-electron chi connectivity index (χ0n) is 14.7. The van der Waals surface area contributed by atoms with Crippen molar-refractivity contribution in [2.75, 3.05) is 20.2 Å². The zero-order chi connectivity index (χ0) is 18.5. The molecule has 0 atom stereocenters. The van der Waals surface area contributed by atoms with Crippen LogP contribution in [-0.4, -0.2) is 37.0 Å². The van der Waals surface area contributed by atoms with Gasteiger partial charge in [0.25, 0.3) is 5.91 Å². The maximum absolute atomic E-state index is 12.4. The van der Waals surface area contributed by atoms with Gasteiger partial charge in [0.15, 0.2) is 0 Å². The fourth-order valence-corrected chi connectivity index (χ4v) is 3.96. The minimum absolute atomic E-state index is 0.103. The standard InChI is InChI=1S/C20H22BrClN2O2/c1-26-17-4-2-3-14(11-17)13-24-9-7-16(8-10-24)23-20(25)18-6-5-15(21)12-19(18)22/h2-6,11-12,16H,7-10,13H2,1H3,(H,23,25). The summed E-state index contributed by atoms with van der Waals surface area (Å²) in [5.41, 5.74) is 1.77. The summed E-state index contributed by atoms with van der Waals surface area (Å²) >= 11 is 9.53. The van der Waals surface area contributed by atoms with Crippen LogP contribution in [0.2, 0.25) is 5.02 Å². The number of benzene rings is 2. The first-order chi connectivity index (χ1) is 12.5. The lowest BCUT2D eigenvalue weighted by molar-refractivity contribution is 0.0909. The van der Waals surface area contributed by atoms with Gasteiger partial charge in [-0.05, 0) is 48.7 Å². The minimum atomic E-state index is -0.103. The maximum atomic E-state index is 12.4. The number of amides is 1. The van der Waals surface area contributed by atoms with E-state index in [1.54, 1.807) is 19.2 Å². The van der Waals surface area contributed by atoms with E-state index in [9.17, 15) is 4.79 Å². The highest BCUT2D eigenvalue weighted by atomic mass is 79.9. The Morgan fingerprint density at radius 2 is 2.04 bits per heavy atom. The monoisotopic (exact) mass is 436 g/mol. The van der Waals surface area contributed by atoms with Gasteiger partial charge in [0.2, 0.25) is 0 Å². The van der Waals surface area contributed by atoms with Crippen molar-refractivity contribution in [1.29, 1.82) is 0 Å². The Balaban J connectivity index is 1.51. The van der Waals surface area contributed by atoms with Crippen molar-refractivity contribution in [2.24, 2.45) is 0 Å². The number of methoxy groups -OCH3 is 1. The summed E-state index contributed by atoms with van der Waals surface area (Å²) in [7, 11) is 1.69. The molecule has 0 unspecified atom stereocenters. The van der Waals surface area contributed by atoms with E-state index >= 15 is 0 Å². The summed E-state index contributed by atoms with van der Waals surface area (Å²) in [5.74, 6) is 0.782. The van der Waals surface area contributed by atoms with Crippen LogP contribution in [0.5, 0.6) is 5.75 Å². The molecule has 4 nitrogen and oxygen atoms in total. The van der Waals surface area contributed by atoms with E-state index in [0.29, 0.717) is 10.6 Å². The van der Waals surface area contributed by atoms with E-state index in [0.717, 1.165) is 42.7 Å². The number of halogens is 2. The average Bonchev–Trinajstić information content (AvgIpc) is 2.63. The van der Waals surface area contributed by atoms with Gasteiger partial charge in [-0.2, -0.15) is 0 Å². The van der Waals surface area contributed by atoms with Crippen LogP contribution >= 0.6 is 27.5 Å². The van der Waals surface area contributed by atoms with Crippen molar-refractivity contribution in [3.63, 3.8) is 0 Å². The molecule has 3 rings (SSSR count). The molecular weight excluding hydrogens is 416 g/mol. The Kier molecular flexibility index (Phi) is 6.57. The van der Waals surface area contributed by atoms with Gasteiger partial charge in [0, 0.05) is 30.1 Å². The number of hydrogen-bond acceptors (Lipinski definition) is 3. The molecule has 0 spiro atoms. The zero-order valence-corrected chi connectivity index (χ0v) is 17.0. The molecule has 0 aromatic heterocycles. The van der Waals surface area contributed by atoms with Crippen LogP contribution in [0.4, 0.5) is 0 Å². The van der Waals surface area contributed by atoms with E-state index in [4.69, 9.17) is 16.3 Å². The molecule has 1 saturated heterocycles. The van der Waals surface area contributed by atoms with Crippen molar-refractivity contribution < 1.29 is 9.53 Å². The molecule has 1 heterocycles. The number of likely N-dealkylation sites (tertiary alicyclic amines) is 1. The lowest BCUT2D eigenvalue weighted by atomic mass is 10.0. The quantitative estimate of drug-likeness (QED) is 0.748. The average molecular weight is 438 g/mol. The molecule has 0 saturated carbocycles. The second-order valence-electron chi connectivity index (χ2n) is 6.50. The molecule has 1 fully saturated rings.